The Labute approximate surface area is 75.8 Å². The number of aliphatic hydroxyl groups excluding tert-OH is 1. The van der Waals surface area contributed by atoms with E-state index in [4.69, 9.17) is 5.11 Å². The Kier molecular flexibility index (Phi) is 2.60. The van der Waals surface area contributed by atoms with Gasteiger partial charge in [0, 0.05) is 0 Å². The van der Waals surface area contributed by atoms with E-state index in [1.165, 1.54) is 0 Å². The van der Waals surface area contributed by atoms with E-state index in [9.17, 15) is 18.3 Å². The number of sulfonamides is 1. The van der Waals surface area contributed by atoms with Crippen LogP contribution in [-0.2, 0) is 14.8 Å². The molecule has 13 heavy (non-hydrogen) atoms. The number of carboxylic acids is 1. The first-order valence-electron chi connectivity index (χ1n) is 3.73. The molecule has 0 saturated carbocycles. The summed E-state index contributed by atoms with van der Waals surface area (Å²) in [4.78, 5) is 10.6. The molecule has 7 heteroatoms. The summed E-state index contributed by atoms with van der Waals surface area (Å²) in [7, 11) is -3.64. The van der Waals surface area contributed by atoms with Gasteiger partial charge in [0.15, 0.2) is 0 Å². The molecule has 2 N–H and O–H groups in total. The number of hydrogen-bond donors (Lipinski definition) is 2. The number of hydrogen-bond acceptors (Lipinski definition) is 4. The molecule has 0 bridgehead atoms. The number of carbonyl (C=O) groups is 1. The van der Waals surface area contributed by atoms with Gasteiger partial charge in [-0.2, -0.15) is 4.31 Å². The number of aliphatic carboxylic acids is 1. The summed E-state index contributed by atoms with van der Waals surface area (Å²) < 4.78 is 22.8. The molecule has 1 saturated heterocycles. The van der Waals surface area contributed by atoms with E-state index >= 15 is 0 Å². The third-order valence-electron chi connectivity index (χ3n) is 1.97. The second kappa shape index (κ2) is 3.24. The molecule has 1 fully saturated rings. The lowest BCUT2D eigenvalue weighted by Gasteiger charge is -2.21. The fourth-order valence-electron chi connectivity index (χ4n) is 1.45. The molecule has 0 spiro atoms. The highest BCUT2D eigenvalue weighted by Gasteiger charge is 2.42. The summed E-state index contributed by atoms with van der Waals surface area (Å²) in [5.74, 6) is -1.22. The molecule has 1 aliphatic heterocycles. The molecule has 0 amide bonds. The first kappa shape index (κ1) is 10.4. The average molecular weight is 209 g/mol. The zero-order valence-electron chi connectivity index (χ0n) is 7.04. The van der Waals surface area contributed by atoms with Crippen LogP contribution < -0.4 is 0 Å². The van der Waals surface area contributed by atoms with Crippen LogP contribution in [0.5, 0.6) is 0 Å². The second-order valence-corrected chi connectivity index (χ2v) is 4.89. The Morgan fingerprint density at radius 1 is 1.46 bits per heavy atom. The number of carboxylic acid groups (broad SMARTS) is 1. The molecule has 0 aromatic carbocycles. The van der Waals surface area contributed by atoms with Gasteiger partial charge in [-0.05, 0) is 12.8 Å². The zero-order chi connectivity index (χ0) is 10.2. The van der Waals surface area contributed by atoms with Crippen molar-refractivity contribution in [2.75, 3.05) is 6.26 Å². The summed E-state index contributed by atoms with van der Waals surface area (Å²) in [6, 6.07) is -1.12. The zero-order valence-corrected chi connectivity index (χ0v) is 7.86. The Balaban J connectivity index is 2.97. The molecule has 76 valence electrons. The second-order valence-electron chi connectivity index (χ2n) is 3.00. The first-order valence-corrected chi connectivity index (χ1v) is 5.58. The van der Waals surface area contributed by atoms with Gasteiger partial charge in [0.05, 0.1) is 6.26 Å². The first-order chi connectivity index (χ1) is 5.84. The van der Waals surface area contributed by atoms with Crippen molar-refractivity contribution >= 4 is 16.0 Å². The highest BCUT2D eigenvalue weighted by atomic mass is 32.2. The highest BCUT2D eigenvalue weighted by Crippen LogP contribution is 2.25. The predicted octanol–water partition coefficient (Wildman–Crippen LogP) is -1.19. The maximum Gasteiger partial charge on any atom is 0.322 e. The van der Waals surface area contributed by atoms with Crippen LogP contribution in [0.15, 0.2) is 0 Å². The topological polar surface area (TPSA) is 94.9 Å². The monoisotopic (exact) mass is 209 g/mol. The van der Waals surface area contributed by atoms with Gasteiger partial charge < -0.3 is 10.2 Å². The molecule has 1 heterocycles. The minimum atomic E-state index is -3.64. The van der Waals surface area contributed by atoms with Crippen LogP contribution in [0.4, 0.5) is 0 Å². The van der Waals surface area contributed by atoms with Crippen LogP contribution >= 0.6 is 0 Å². The van der Waals surface area contributed by atoms with E-state index in [1.54, 1.807) is 0 Å². The summed E-state index contributed by atoms with van der Waals surface area (Å²) in [6.45, 7) is 0. The van der Waals surface area contributed by atoms with Gasteiger partial charge >= 0.3 is 5.97 Å². The lowest BCUT2D eigenvalue weighted by atomic mass is 10.2. The predicted molar refractivity (Wildman–Crippen MR) is 43.3 cm³/mol. The lowest BCUT2D eigenvalue weighted by Crippen LogP contribution is -2.44. The van der Waals surface area contributed by atoms with Crippen LogP contribution in [0.3, 0.4) is 0 Å². The van der Waals surface area contributed by atoms with E-state index in [1.807, 2.05) is 0 Å². The molecule has 1 rings (SSSR count). The van der Waals surface area contributed by atoms with Crippen molar-refractivity contribution in [1.82, 2.24) is 4.31 Å². The van der Waals surface area contributed by atoms with Crippen molar-refractivity contribution in [1.29, 1.82) is 0 Å². The standard InChI is InChI=1S/C6H11NO5S/c1-13(11,12)7-4(6(9)10)2-3-5(7)8/h4-5,8H,2-3H2,1H3,(H,9,10). The fraction of sp³-hybridized carbons (Fsp3) is 0.833. The van der Waals surface area contributed by atoms with Crippen molar-refractivity contribution < 1.29 is 23.4 Å². The van der Waals surface area contributed by atoms with Crippen LogP contribution in [-0.4, -0.2) is 47.4 Å². The van der Waals surface area contributed by atoms with E-state index in [0.29, 0.717) is 4.31 Å². The quantitative estimate of drug-likeness (QED) is 0.596. The van der Waals surface area contributed by atoms with Crippen molar-refractivity contribution in [2.45, 2.75) is 25.1 Å². The SMILES string of the molecule is CS(=O)(=O)N1C(O)CCC1C(=O)O. The fourth-order valence-corrected chi connectivity index (χ4v) is 2.66. The van der Waals surface area contributed by atoms with Gasteiger partial charge in [0.1, 0.15) is 12.3 Å². The third kappa shape index (κ3) is 1.98. The van der Waals surface area contributed by atoms with E-state index in [-0.39, 0.29) is 12.8 Å². The summed E-state index contributed by atoms with van der Waals surface area (Å²) in [6.07, 6.45) is 0.0153. The number of aliphatic hydroxyl groups is 1. The van der Waals surface area contributed by atoms with Gasteiger partial charge in [-0.15, -0.1) is 0 Å². The molecule has 0 radical (unpaired) electrons. The molecule has 1 aliphatic rings. The minimum Gasteiger partial charge on any atom is -0.480 e. The molecule has 2 unspecified atom stereocenters. The van der Waals surface area contributed by atoms with Crippen LogP contribution in [0, 0.1) is 0 Å². The Morgan fingerprint density at radius 3 is 2.31 bits per heavy atom. The summed E-state index contributed by atoms with van der Waals surface area (Å²) in [5, 5.41) is 17.9. The van der Waals surface area contributed by atoms with Crippen molar-refractivity contribution in [3.8, 4) is 0 Å². The van der Waals surface area contributed by atoms with Crippen LogP contribution in [0.2, 0.25) is 0 Å². The van der Waals surface area contributed by atoms with E-state index < -0.39 is 28.3 Å². The Morgan fingerprint density at radius 2 is 2.00 bits per heavy atom. The maximum atomic E-state index is 11.1. The largest absolute Gasteiger partial charge is 0.480 e. The minimum absolute atomic E-state index is 0.156. The average Bonchev–Trinajstić information content (AvgIpc) is 2.28. The highest BCUT2D eigenvalue weighted by molar-refractivity contribution is 7.88. The van der Waals surface area contributed by atoms with Gasteiger partial charge in [-0.1, -0.05) is 0 Å². The van der Waals surface area contributed by atoms with Crippen molar-refractivity contribution in [3.05, 3.63) is 0 Å². The molecule has 0 aliphatic carbocycles. The van der Waals surface area contributed by atoms with Gasteiger partial charge in [-0.3, -0.25) is 4.79 Å². The normalized spacial score (nSPS) is 30.6. The molecule has 2 atom stereocenters. The summed E-state index contributed by atoms with van der Waals surface area (Å²) >= 11 is 0. The molecule has 6 nitrogen and oxygen atoms in total. The number of nitrogens with zero attached hydrogens (tertiary/aromatic N) is 1. The Hall–Kier alpha value is -0.660. The molecule has 0 aromatic heterocycles. The van der Waals surface area contributed by atoms with Crippen LogP contribution in [0.25, 0.3) is 0 Å². The maximum absolute atomic E-state index is 11.1. The van der Waals surface area contributed by atoms with Gasteiger partial charge in [0.2, 0.25) is 10.0 Å². The van der Waals surface area contributed by atoms with E-state index in [0.717, 1.165) is 6.26 Å². The lowest BCUT2D eigenvalue weighted by molar-refractivity contribution is -0.141. The van der Waals surface area contributed by atoms with E-state index in [2.05, 4.69) is 0 Å². The van der Waals surface area contributed by atoms with Crippen molar-refractivity contribution in [2.24, 2.45) is 0 Å². The van der Waals surface area contributed by atoms with Crippen molar-refractivity contribution in [3.63, 3.8) is 0 Å². The molecular weight excluding hydrogens is 198 g/mol. The van der Waals surface area contributed by atoms with Gasteiger partial charge in [0.25, 0.3) is 0 Å². The number of rotatable bonds is 2. The molecule has 0 aromatic rings. The summed E-state index contributed by atoms with van der Waals surface area (Å²) in [5.41, 5.74) is 0. The Bertz CT molecular complexity index is 311. The van der Waals surface area contributed by atoms with Crippen LogP contribution in [0.1, 0.15) is 12.8 Å². The smallest absolute Gasteiger partial charge is 0.322 e. The molecular formula is C6H11NO5S. The van der Waals surface area contributed by atoms with Gasteiger partial charge in [-0.25, -0.2) is 8.42 Å². The third-order valence-corrected chi connectivity index (χ3v) is 3.23.